The van der Waals surface area contributed by atoms with Gasteiger partial charge in [-0.15, -0.1) is 0 Å². The summed E-state index contributed by atoms with van der Waals surface area (Å²) < 4.78 is 10.9. The van der Waals surface area contributed by atoms with Crippen LogP contribution in [-0.4, -0.2) is 67.9 Å². The average Bonchev–Trinajstić information content (AvgIpc) is 2.69. The third kappa shape index (κ3) is 6.75. The number of methoxy groups -OCH3 is 2. The number of aliphatic carboxylic acids is 1. The summed E-state index contributed by atoms with van der Waals surface area (Å²) in [5.41, 5.74) is 6.48. The van der Waals surface area contributed by atoms with E-state index in [1.165, 1.54) is 13.2 Å². The van der Waals surface area contributed by atoms with Crippen molar-refractivity contribution in [3.05, 3.63) is 22.7 Å². The maximum atomic E-state index is 12.8. The van der Waals surface area contributed by atoms with Gasteiger partial charge in [0, 0.05) is 32.7 Å². The number of carbonyl (C=O) groups excluding carboxylic acids is 1. The Morgan fingerprint density at radius 3 is 2.77 bits per heavy atom. The predicted molar refractivity (Wildman–Crippen MR) is 116 cm³/mol. The number of amides is 1. The highest BCUT2D eigenvalue weighted by Gasteiger charge is 2.31. The van der Waals surface area contributed by atoms with Gasteiger partial charge in [0.2, 0.25) is 0 Å². The number of hydrogen-bond acceptors (Lipinski definition) is 6. The SMILES string of the molecule is COc1cc(N)c(Cl)cc1C(=O)N[C@@H]1CCN(CCCC(C)CC(=O)O)C[C@@H]1OC. The molecule has 1 saturated heterocycles. The number of rotatable bonds is 10. The second-order valence-electron chi connectivity index (χ2n) is 7.86. The summed E-state index contributed by atoms with van der Waals surface area (Å²) in [4.78, 5) is 25.9. The molecule has 1 amide bonds. The van der Waals surface area contributed by atoms with E-state index in [1.54, 1.807) is 13.2 Å². The first kappa shape index (κ1) is 24.2. The zero-order chi connectivity index (χ0) is 22.3. The first-order valence-electron chi connectivity index (χ1n) is 10.2. The van der Waals surface area contributed by atoms with Crippen molar-refractivity contribution < 1.29 is 24.2 Å². The van der Waals surface area contributed by atoms with Crippen LogP contribution in [-0.2, 0) is 9.53 Å². The van der Waals surface area contributed by atoms with Crippen LogP contribution in [0.5, 0.6) is 5.75 Å². The minimum atomic E-state index is -0.752. The Morgan fingerprint density at radius 1 is 1.40 bits per heavy atom. The standard InChI is InChI=1S/C21H32ClN3O5/c1-13(9-20(26)27)5-4-7-25-8-6-17(19(12-25)30-3)24-21(28)14-10-15(22)16(23)11-18(14)29-2/h10-11,13,17,19H,4-9,12,23H2,1-3H3,(H,24,28)(H,26,27)/t13?,17-,19+/m1/s1. The van der Waals surface area contributed by atoms with Gasteiger partial charge in [0.25, 0.3) is 5.91 Å². The number of carboxylic acids is 1. The van der Waals surface area contributed by atoms with Crippen LogP contribution in [0.4, 0.5) is 5.69 Å². The molecule has 1 unspecified atom stereocenters. The average molecular weight is 442 g/mol. The Hall–Kier alpha value is -2.03. The molecule has 0 radical (unpaired) electrons. The summed E-state index contributed by atoms with van der Waals surface area (Å²) >= 11 is 6.08. The van der Waals surface area contributed by atoms with Crippen molar-refractivity contribution in [2.45, 2.75) is 44.8 Å². The molecular formula is C21H32ClN3O5. The van der Waals surface area contributed by atoms with Gasteiger partial charge in [0.05, 0.1) is 35.5 Å². The molecular weight excluding hydrogens is 410 g/mol. The molecule has 1 aromatic carbocycles. The van der Waals surface area contributed by atoms with Crippen LogP contribution >= 0.6 is 11.6 Å². The Kier molecular flexibility index (Phi) is 9.20. The van der Waals surface area contributed by atoms with Crippen molar-refractivity contribution in [3.63, 3.8) is 0 Å². The van der Waals surface area contributed by atoms with Gasteiger partial charge in [-0.05, 0) is 37.8 Å². The molecule has 8 nitrogen and oxygen atoms in total. The quantitative estimate of drug-likeness (QED) is 0.478. The van der Waals surface area contributed by atoms with E-state index >= 15 is 0 Å². The van der Waals surface area contributed by atoms with Gasteiger partial charge in [-0.3, -0.25) is 9.59 Å². The van der Waals surface area contributed by atoms with Gasteiger partial charge in [-0.1, -0.05) is 18.5 Å². The molecule has 30 heavy (non-hydrogen) atoms. The van der Waals surface area contributed by atoms with E-state index in [0.29, 0.717) is 28.6 Å². The third-order valence-corrected chi connectivity index (χ3v) is 5.85. The number of nitrogen functional groups attached to an aromatic ring is 1. The molecule has 1 aliphatic heterocycles. The van der Waals surface area contributed by atoms with Crippen molar-refractivity contribution >= 4 is 29.2 Å². The largest absolute Gasteiger partial charge is 0.496 e. The van der Waals surface area contributed by atoms with Crippen molar-refractivity contribution in [1.82, 2.24) is 10.2 Å². The number of anilines is 1. The number of benzene rings is 1. The summed E-state index contributed by atoms with van der Waals surface area (Å²) in [6.07, 6.45) is 2.61. The summed E-state index contributed by atoms with van der Waals surface area (Å²) in [6.45, 7) is 4.38. The fourth-order valence-corrected chi connectivity index (χ4v) is 3.98. The molecule has 2 rings (SSSR count). The maximum Gasteiger partial charge on any atom is 0.303 e. The molecule has 0 bridgehead atoms. The normalized spacial score (nSPS) is 20.5. The number of carboxylic acid groups (broad SMARTS) is 1. The minimum absolute atomic E-state index is 0.134. The second-order valence-corrected chi connectivity index (χ2v) is 8.27. The minimum Gasteiger partial charge on any atom is -0.496 e. The summed E-state index contributed by atoms with van der Waals surface area (Å²) in [5.74, 6) is -0.496. The zero-order valence-electron chi connectivity index (χ0n) is 17.8. The van der Waals surface area contributed by atoms with Crippen LogP contribution in [0.15, 0.2) is 12.1 Å². The third-order valence-electron chi connectivity index (χ3n) is 5.52. The van der Waals surface area contributed by atoms with Crippen molar-refractivity contribution in [1.29, 1.82) is 0 Å². The lowest BCUT2D eigenvalue weighted by Crippen LogP contribution is -2.54. The topological polar surface area (TPSA) is 114 Å². The van der Waals surface area contributed by atoms with Crippen molar-refractivity contribution in [2.24, 2.45) is 5.92 Å². The molecule has 1 heterocycles. The monoisotopic (exact) mass is 441 g/mol. The molecule has 168 valence electrons. The highest BCUT2D eigenvalue weighted by atomic mass is 35.5. The number of carbonyl (C=O) groups is 2. The van der Waals surface area contributed by atoms with E-state index in [2.05, 4.69) is 10.2 Å². The van der Waals surface area contributed by atoms with E-state index in [-0.39, 0.29) is 30.4 Å². The highest BCUT2D eigenvalue weighted by molar-refractivity contribution is 6.33. The van der Waals surface area contributed by atoms with E-state index in [1.807, 2.05) is 6.92 Å². The summed E-state index contributed by atoms with van der Waals surface area (Å²) in [5, 5.41) is 12.2. The Morgan fingerprint density at radius 2 is 2.13 bits per heavy atom. The molecule has 3 atom stereocenters. The number of halogens is 1. The second kappa shape index (κ2) is 11.4. The number of nitrogens with one attached hydrogen (secondary N) is 1. The van der Waals surface area contributed by atoms with Crippen LogP contribution in [0.3, 0.4) is 0 Å². The van der Waals surface area contributed by atoms with Crippen molar-refractivity contribution in [3.8, 4) is 5.75 Å². The zero-order valence-corrected chi connectivity index (χ0v) is 18.6. The van der Waals surface area contributed by atoms with Gasteiger partial charge in [-0.2, -0.15) is 0 Å². The van der Waals surface area contributed by atoms with Crippen LogP contribution < -0.4 is 15.8 Å². The number of likely N-dealkylation sites (tertiary alicyclic amines) is 1. The molecule has 0 spiro atoms. The molecule has 4 N–H and O–H groups in total. The fourth-order valence-electron chi connectivity index (χ4n) is 3.81. The lowest BCUT2D eigenvalue weighted by atomic mass is 9.98. The Balaban J connectivity index is 1.91. The van der Waals surface area contributed by atoms with Crippen LogP contribution in [0.2, 0.25) is 5.02 Å². The highest BCUT2D eigenvalue weighted by Crippen LogP contribution is 2.29. The van der Waals surface area contributed by atoms with Gasteiger partial charge in [-0.25, -0.2) is 0 Å². The fraction of sp³-hybridized carbons (Fsp3) is 0.619. The smallest absolute Gasteiger partial charge is 0.303 e. The first-order chi connectivity index (χ1) is 14.2. The Labute approximate surface area is 182 Å². The van der Waals surface area contributed by atoms with Crippen LogP contribution in [0.25, 0.3) is 0 Å². The van der Waals surface area contributed by atoms with E-state index in [9.17, 15) is 9.59 Å². The van der Waals surface area contributed by atoms with Crippen LogP contribution in [0.1, 0.15) is 43.0 Å². The van der Waals surface area contributed by atoms with E-state index < -0.39 is 5.97 Å². The van der Waals surface area contributed by atoms with E-state index in [4.69, 9.17) is 31.9 Å². The van der Waals surface area contributed by atoms with Gasteiger partial charge in [0.1, 0.15) is 5.75 Å². The van der Waals surface area contributed by atoms with Gasteiger partial charge < -0.3 is 30.5 Å². The molecule has 0 saturated carbocycles. The van der Waals surface area contributed by atoms with Gasteiger partial charge >= 0.3 is 5.97 Å². The molecule has 1 fully saturated rings. The first-order valence-corrected chi connectivity index (χ1v) is 10.5. The number of hydrogen-bond donors (Lipinski definition) is 3. The molecule has 1 aliphatic rings. The predicted octanol–water partition coefficient (Wildman–Crippen LogP) is 2.64. The summed E-state index contributed by atoms with van der Waals surface area (Å²) in [7, 11) is 3.12. The maximum absolute atomic E-state index is 12.8. The molecule has 1 aromatic rings. The summed E-state index contributed by atoms with van der Waals surface area (Å²) in [6, 6.07) is 2.92. The molecule has 9 heteroatoms. The van der Waals surface area contributed by atoms with E-state index in [0.717, 1.165) is 32.4 Å². The Bertz CT molecular complexity index is 746. The van der Waals surface area contributed by atoms with Crippen molar-refractivity contribution in [2.75, 3.05) is 39.6 Å². The lowest BCUT2D eigenvalue weighted by molar-refractivity contribution is -0.138. The number of nitrogens with zero attached hydrogens (tertiary/aromatic N) is 1. The number of nitrogens with two attached hydrogens (primary N) is 1. The molecule has 0 aliphatic carbocycles. The van der Waals surface area contributed by atoms with Crippen LogP contribution in [0, 0.1) is 5.92 Å². The number of ether oxygens (including phenoxy) is 2. The number of piperidine rings is 1. The van der Waals surface area contributed by atoms with Gasteiger partial charge in [0.15, 0.2) is 0 Å². The molecule has 0 aromatic heterocycles. The lowest BCUT2D eigenvalue weighted by Gasteiger charge is -2.38.